The van der Waals surface area contributed by atoms with Crippen molar-refractivity contribution in [2.24, 2.45) is 11.8 Å². The molecule has 594 valence electrons. The van der Waals surface area contributed by atoms with E-state index in [0.717, 1.165) is 53.0 Å². The molecule has 0 spiro atoms. The molecule has 3 aliphatic rings. The van der Waals surface area contributed by atoms with Crippen LogP contribution in [0.3, 0.4) is 0 Å². The van der Waals surface area contributed by atoms with E-state index in [0.29, 0.717) is 45.1 Å². The third kappa shape index (κ3) is 28.1. The van der Waals surface area contributed by atoms with Crippen LogP contribution in [0.4, 0.5) is 5.69 Å². The molecule has 6 radical (unpaired) electrons. The number of aromatic carboxylic acids is 1. The Labute approximate surface area is 652 Å². The van der Waals surface area contributed by atoms with Crippen LogP contribution < -0.4 is 37.8 Å². The van der Waals surface area contributed by atoms with E-state index < -0.39 is 158 Å². The topological polar surface area (TPSA) is 533 Å². The molecule has 11 N–H and O–H groups in total. The molecule has 5 unspecified atom stereocenters. The second-order valence-electron chi connectivity index (χ2n) is 24.6. The number of nitrogens with two attached hydrogens (primary N) is 2. The van der Waals surface area contributed by atoms with E-state index in [1.165, 1.54) is 18.2 Å². The van der Waals surface area contributed by atoms with Gasteiger partial charge in [0, 0.05) is 126 Å². The third-order valence-corrected chi connectivity index (χ3v) is 20.5. The summed E-state index contributed by atoms with van der Waals surface area (Å²) in [7, 11) is -7.36. The van der Waals surface area contributed by atoms with Gasteiger partial charge in [-0.25, -0.2) is 31.2 Å². The highest BCUT2D eigenvalue weighted by Gasteiger charge is 2.41. The number of ether oxygens (including phenoxy) is 4. The summed E-state index contributed by atoms with van der Waals surface area (Å²) >= 11 is 4.80. The number of carboxylic acids is 3. The fourth-order valence-corrected chi connectivity index (χ4v) is 14.4. The standard InChI is InChI=1S/C50H53N5O19S3.C22H32N2O7S.2B/c1-53-16-19-73-21-20-72-18-15-40(58)54-36(22-27-6-3-2-4-7-27)38(57)24-29(43(60)50(64)65)26-75-39-25-41(59)55(48(39)61)17-5-8-37(56)28-9-10-30(33(23-28)49(62)63)42-31-11-13-34(51)46(76(66,67)68)44(31)74-45-32(42)12-14-35(52)47(45)77(69,70)71;1-23-8-10-31-12-11-30-9-7-20(26)24-18(13-16-5-3-2-4-6-16)19(25)14-17(15-32)21(27)22(28)29;;/h2-4,6-7,9-14,23,29,36,39,51,53H,5,8,15-22,24-26,52H2,1H3,(H,54,58)(H,62,63)(H,64,65)(H,66,67,68)(H,69,70,71);2-6,17-18,23,32H,7-15H2,1H3,(H,24,26)(H,28,29);;/p-1. The van der Waals surface area contributed by atoms with Crippen molar-refractivity contribution in [1.82, 2.24) is 26.2 Å². The number of benzene rings is 5. The number of rotatable bonds is 47. The summed E-state index contributed by atoms with van der Waals surface area (Å²) in [6.45, 7) is 3.63. The number of imide groups is 1. The largest absolute Gasteiger partial charge is 0.744 e. The van der Waals surface area contributed by atoms with E-state index in [4.69, 9.17) is 39.6 Å². The van der Waals surface area contributed by atoms with E-state index in [1.54, 1.807) is 37.4 Å². The van der Waals surface area contributed by atoms with Gasteiger partial charge < -0.3 is 74.8 Å². The van der Waals surface area contributed by atoms with Crippen LogP contribution in [0.15, 0.2) is 117 Å². The number of fused-ring (bicyclic) bond motifs is 2. The summed E-state index contributed by atoms with van der Waals surface area (Å²) in [5.74, 6) is -15.3. The van der Waals surface area contributed by atoms with Gasteiger partial charge in [0.05, 0.1) is 81.4 Å². The summed E-state index contributed by atoms with van der Waals surface area (Å²) in [5.41, 5.74) is 4.31. The summed E-state index contributed by atoms with van der Waals surface area (Å²) in [6.07, 6.45) is -1.60. The monoisotopic (exact) mass is 1610 g/mol. The Morgan fingerprint density at radius 2 is 1.14 bits per heavy atom. The number of likely N-dealkylation sites (N-methyl/N-ethyl adjacent to an activating group) is 2. The maximum atomic E-state index is 13.8. The molecule has 1 aliphatic carbocycles. The highest BCUT2D eigenvalue weighted by Crippen LogP contribution is 2.46. The van der Waals surface area contributed by atoms with Crippen molar-refractivity contribution < 1.29 is 128 Å². The van der Waals surface area contributed by atoms with Gasteiger partial charge >= 0.3 is 17.9 Å². The number of likely N-dealkylation sites (tertiary alicyclic amines) is 1. The lowest BCUT2D eigenvalue weighted by atomic mass is 9.89. The third-order valence-electron chi connectivity index (χ3n) is 16.8. The number of ketones is 5. The summed E-state index contributed by atoms with van der Waals surface area (Å²) in [6, 6.07) is 23.3. The second kappa shape index (κ2) is 45.8. The fourth-order valence-electron chi connectivity index (χ4n) is 11.3. The maximum absolute atomic E-state index is 13.8. The number of anilines is 1. The number of hydrogen-bond acceptors (Lipinski definition) is 28. The van der Waals surface area contributed by atoms with Crippen molar-refractivity contribution in [2.75, 3.05) is 104 Å². The maximum Gasteiger partial charge on any atom is 0.372 e. The van der Waals surface area contributed by atoms with Gasteiger partial charge in [0.2, 0.25) is 40.6 Å². The molecule has 1 fully saturated rings. The van der Waals surface area contributed by atoms with Crippen LogP contribution in [0, 0.1) is 11.8 Å². The molecule has 5 atom stereocenters. The van der Waals surface area contributed by atoms with E-state index in [1.807, 2.05) is 37.4 Å². The van der Waals surface area contributed by atoms with E-state index in [2.05, 4.69) is 33.9 Å². The van der Waals surface area contributed by atoms with Crippen LogP contribution in [0.25, 0.3) is 33.4 Å². The van der Waals surface area contributed by atoms with Crippen molar-refractivity contribution in [3.05, 3.63) is 131 Å². The SMILES string of the molecule is CNCCOCCOCCC(=O)NC(Cc1ccccc1)C(=O)CC(CS)C(=O)C(=O)O.CNCCOCCOCCC(=O)NC(Cc1ccccc1)C(=O)CC(CSC1CC(=O)N(CCCC(=O)c2ccc(-c3c4ccc(=[NH2+])c(S(=O)(=O)[O-])c-4oc4c(S(=O)(=O)[O-])c(N)ccc34)c(C(=O)O)c2)C1=O)C(=O)C(=O)O.[B].[B]. The zero-order valence-corrected chi connectivity index (χ0v) is 63.8. The average Bonchev–Trinajstić information content (AvgIpc) is 0.970. The Morgan fingerprint density at radius 1 is 0.649 bits per heavy atom. The second-order valence-corrected chi connectivity index (χ2v) is 28.9. The number of amides is 4. The lowest BCUT2D eigenvalue weighted by Crippen LogP contribution is -2.47. The molecule has 0 saturated carbocycles. The van der Waals surface area contributed by atoms with Gasteiger partial charge in [-0.15, -0.1) is 11.8 Å². The van der Waals surface area contributed by atoms with Crippen molar-refractivity contribution in [3.8, 4) is 22.5 Å². The Kier molecular flexibility index (Phi) is 38.8. The minimum atomic E-state index is -5.49. The number of nitrogen functional groups attached to an aromatic ring is 1. The Hall–Kier alpha value is -9.38. The molecule has 0 bridgehead atoms. The number of carbonyl (C=O) groups excluding carboxylic acids is 9. The molecule has 0 aromatic heterocycles. The highest BCUT2D eigenvalue weighted by molar-refractivity contribution is 8.00. The molecule has 1 saturated heterocycles. The first-order valence-corrected chi connectivity index (χ1v) is 38.5. The zero-order valence-electron chi connectivity index (χ0n) is 60.4. The predicted molar refractivity (Wildman–Crippen MR) is 403 cm³/mol. The smallest absolute Gasteiger partial charge is 0.372 e. The van der Waals surface area contributed by atoms with Gasteiger partial charge in [0.15, 0.2) is 33.6 Å². The number of nitrogens with one attached hydrogen (secondary N) is 4. The van der Waals surface area contributed by atoms with Crippen LogP contribution in [0.1, 0.15) is 76.8 Å². The summed E-state index contributed by atoms with van der Waals surface area (Å²) in [4.78, 5) is 151. The van der Waals surface area contributed by atoms with E-state index in [9.17, 15) is 93.7 Å². The molecule has 111 heavy (non-hydrogen) atoms. The number of Topliss-reactive ketones (excluding diaryl/α,β-unsaturated/α-hetero) is 5. The Bertz CT molecular complexity index is 4560. The fraction of sp³-hybridized carbons (Fsp3) is 0.403. The minimum absolute atomic E-state index is 0. The summed E-state index contributed by atoms with van der Waals surface area (Å²) in [5, 5.41) is 44.2. The van der Waals surface area contributed by atoms with Crippen LogP contribution >= 0.6 is 24.4 Å². The van der Waals surface area contributed by atoms with Gasteiger partial charge in [-0.3, -0.25) is 53.5 Å². The van der Waals surface area contributed by atoms with Gasteiger partial charge in [-0.05, 0) is 74.3 Å². The quantitative estimate of drug-likeness (QED) is 0.00279. The Balaban J connectivity index is 0.000000642. The Morgan fingerprint density at radius 3 is 1.61 bits per heavy atom. The first kappa shape index (κ1) is 94.0. The molecule has 4 aromatic rings. The van der Waals surface area contributed by atoms with Gasteiger partial charge in [-0.2, -0.15) is 12.6 Å². The molecule has 4 aromatic carbocycles. The van der Waals surface area contributed by atoms with E-state index in [-0.39, 0.29) is 140 Å². The number of hydrogen-bond donors (Lipinski definition) is 10. The lowest BCUT2D eigenvalue weighted by Gasteiger charge is -2.22. The minimum Gasteiger partial charge on any atom is -0.744 e. The molecule has 39 heteroatoms. The lowest BCUT2D eigenvalue weighted by molar-refractivity contribution is -0.176. The van der Waals surface area contributed by atoms with Crippen LogP contribution in [0.5, 0.6) is 0 Å². The molecule has 4 amide bonds. The number of aliphatic carboxylic acids is 2. The first-order valence-electron chi connectivity index (χ1n) is 34.0. The van der Waals surface area contributed by atoms with Crippen LogP contribution in [-0.2, 0) is 100.0 Å². The number of thiol groups is 1. The van der Waals surface area contributed by atoms with Crippen LogP contribution in [-0.4, -0.2) is 249 Å². The first-order chi connectivity index (χ1) is 51.8. The molecule has 7 rings (SSSR count). The number of carbonyl (C=O) groups is 12. The van der Waals surface area contributed by atoms with Crippen molar-refractivity contribution >= 4 is 149 Å². The number of nitrogens with zero attached hydrogens (tertiary/aromatic N) is 1. The van der Waals surface area contributed by atoms with Gasteiger partial charge in [-0.1, -0.05) is 72.8 Å². The van der Waals surface area contributed by atoms with Crippen molar-refractivity contribution in [3.63, 3.8) is 0 Å². The van der Waals surface area contributed by atoms with Crippen molar-refractivity contribution in [1.29, 1.82) is 0 Å². The summed E-state index contributed by atoms with van der Waals surface area (Å²) < 4.78 is 102. The molecule has 2 aliphatic heterocycles. The van der Waals surface area contributed by atoms with Crippen molar-refractivity contribution in [2.45, 2.75) is 84.9 Å². The molecule has 2 heterocycles. The molecule has 33 nitrogen and oxygen atoms in total. The number of thioether (sulfide) groups is 1. The van der Waals surface area contributed by atoms with Crippen LogP contribution in [0.2, 0.25) is 0 Å². The average molecular weight is 1610 g/mol. The van der Waals surface area contributed by atoms with E-state index >= 15 is 0 Å². The number of carboxylic acid groups (broad SMARTS) is 3. The molecular weight excluding hydrogens is 1530 g/mol. The van der Waals surface area contributed by atoms with Gasteiger partial charge in [0.1, 0.15) is 25.1 Å². The predicted octanol–water partition coefficient (Wildman–Crippen LogP) is 0.130. The van der Waals surface area contributed by atoms with Gasteiger partial charge in [0.25, 0.3) is 0 Å². The normalized spacial score (nSPS) is 13.8. The zero-order chi connectivity index (χ0) is 80.1. The molecular formula is C72H84B2N7O26S4-. The highest BCUT2D eigenvalue weighted by atomic mass is 32.2.